The van der Waals surface area contributed by atoms with E-state index in [0.29, 0.717) is 6.54 Å². The third-order valence-electron chi connectivity index (χ3n) is 5.20. The Kier molecular flexibility index (Phi) is 7.16. The van der Waals surface area contributed by atoms with Crippen molar-refractivity contribution in [1.82, 2.24) is 10.6 Å². The second-order valence-corrected chi connectivity index (χ2v) is 8.31. The molecule has 27 heavy (non-hydrogen) atoms. The molecule has 0 spiro atoms. The van der Waals surface area contributed by atoms with Crippen LogP contribution in [0.2, 0.25) is 0 Å². The monoisotopic (exact) mass is 384 g/mol. The van der Waals surface area contributed by atoms with Crippen LogP contribution in [-0.2, 0) is 15.3 Å². The Hall–Kier alpha value is -2.01. The molecule has 2 aromatic rings. The fourth-order valence-corrected chi connectivity index (χ4v) is 4.73. The highest BCUT2D eigenvalue weighted by atomic mass is 32.2. The van der Waals surface area contributed by atoms with Gasteiger partial charge in [-0.15, -0.1) is 0 Å². The molecule has 5 heteroatoms. The molecule has 1 aliphatic rings. The van der Waals surface area contributed by atoms with Crippen molar-refractivity contribution in [1.29, 1.82) is 0 Å². The first kappa shape index (κ1) is 19.7. The Morgan fingerprint density at radius 3 is 2.63 bits per heavy atom. The quantitative estimate of drug-likeness (QED) is 0.679. The average Bonchev–Trinajstić information content (AvgIpc) is 3.20. The lowest BCUT2D eigenvalue weighted by molar-refractivity contribution is -0.129. The summed E-state index contributed by atoms with van der Waals surface area (Å²) in [6.07, 6.45) is 4.34. The maximum atomic E-state index is 12.5. The Bertz CT molecular complexity index is 781. The van der Waals surface area contributed by atoms with Gasteiger partial charge in [-0.2, -0.15) is 11.8 Å². The predicted octanol–water partition coefficient (Wildman–Crippen LogP) is 3.88. The number of amides is 2. The molecule has 3 rings (SSSR count). The molecule has 0 aliphatic heterocycles. The Balaban J connectivity index is 1.46. The van der Waals surface area contributed by atoms with Crippen molar-refractivity contribution in [2.45, 2.75) is 44.4 Å². The van der Waals surface area contributed by atoms with Gasteiger partial charge in [-0.25, -0.2) is 0 Å². The number of thioether (sulfide) groups is 1. The van der Waals surface area contributed by atoms with Gasteiger partial charge in [0, 0.05) is 25.0 Å². The van der Waals surface area contributed by atoms with Crippen LogP contribution < -0.4 is 10.6 Å². The molecule has 2 amide bonds. The number of benzene rings is 2. The van der Waals surface area contributed by atoms with E-state index in [-0.39, 0.29) is 23.8 Å². The fourth-order valence-electron chi connectivity index (χ4n) is 3.86. The number of hydrogen-bond acceptors (Lipinski definition) is 3. The van der Waals surface area contributed by atoms with E-state index in [9.17, 15) is 9.59 Å². The standard InChI is InChI=1S/C22H28N2O2S/c1-16(25)24-21(18-8-2-3-9-18)22(26)23-13-14-27-15-19-11-6-10-17-7-4-5-12-20(17)19/h4-7,10-12,18,21H,2-3,8-9,13-15H2,1H3,(H,23,26)(H,24,25). The second-order valence-electron chi connectivity index (χ2n) is 7.20. The molecule has 1 atom stereocenters. The molecular weight excluding hydrogens is 356 g/mol. The summed E-state index contributed by atoms with van der Waals surface area (Å²) in [5.74, 6) is 1.88. The predicted molar refractivity (Wildman–Crippen MR) is 113 cm³/mol. The van der Waals surface area contributed by atoms with Gasteiger partial charge in [0.15, 0.2) is 0 Å². The largest absolute Gasteiger partial charge is 0.353 e. The van der Waals surface area contributed by atoms with Crippen LogP contribution >= 0.6 is 11.8 Å². The molecule has 0 saturated heterocycles. The normalized spacial score (nSPS) is 15.6. The molecule has 0 heterocycles. The Labute approximate surface area is 165 Å². The Morgan fingerprint density at radius 2 is 1.85 bits per heavy atom. The van der Waals surface area contributed by atoms with Gasteiger partial charge < -0.3 is 10.6 Å². The van der Waals surface area contributed by atoms with Crippen LogP contribution in [-0.4, -0.2) is 30.2 Å². The summed E-state index contributed by atoms with van der Waals surface area (Å²) in [5, 5.41) is 8.42. The van der Waals surface area contributed by atoms with Crippen molar-refractivity contribution < 1.29 is 9.59 Å². The molecule has 4 nitrogen and oxygen atoms in total. The van der Waals surface area contributed by atoms with E-state index in [0.717, 1.165) is 37.2 Å². The lowest BCUT2D eigenvalue weighted by Gasteiger charge is -2.23. The SMILES string of the molecule is CC(=O)NC(C(=O)NCCSCc1cccc2ccccc12)C1CCCC1. The lowest BCUT2D eigenvalue weighted by Crippen LogP contribution is -2.50. The highest BCUT2D eigenvalue weighted by Crippen LogP contribution is 2.28. The average molecular weight is 385 g/mol. The number of rotatable bonds is 8. The molecule has 2 N–H and O–H groups in total. The van der Waals surface area contributed by atoms with Crippen LogP contribution in [0.5, 0.6) is 0 Å². The fraction of sp³-hybridized carbons (Fsp3) is 0.455. The molecule has 1 saturated carbocycles. The number of carbonyl (C=O) groups excluding carboxylic acids is 2. The van der Waals surface area contributed by atoms with Crippen molar-refractivity contribution in [3.63, 3.8) is 0 Å². The minimum atomic E-state index is -0.381. The van der Waals surface area contributed by atoms with Crippen molar-refractivity contribution in [3.05, 3.63) is 48.0 Å². The summed E-state index contributed by atoms with van der Waals surface area (Å²) in [5.41, 5.74) is 1.33. The van der Waals surface area contributed by atoms with Gasteiger partial charge in [-0.1, -0.05) is 55.3 Å². The van der Waals surface area contributed by atoms with E-state index in [1.165, 1.54) is 23.3 Å². The third kappa shape index (κ3) is 5.48. The van der Waals surface area contributed by atoms with E-state index in [2.05, 4.69) is 53.1 Å². The number of carbonyl (C=O) groups is 2. The zero-order valence-electron chi connectivity index (χ0n) is 15.9. The topological polar surface area (TPSA) is 58.2 Å². The van der Waals surface area contributed by atoms with Crippen LogP contribution in [0.3, 0.4) is 0 Å². The first-order valence-corrected chi connectivity index (χ1v) is 10.9. The lowest BCUT2D eigenvalue weighted by atomic mass is 9.97. The first-order valence-electron chi connectivity index (χ1n) is 9.74. The smallest absolute Gasteiger partial charge is 0.242 e. The van der Waals surface area contributed by atoms with Gasteiger partial charge in [0.25, 0.3) is 0 Å². The zero-order chi connectivity index (χ0) is 19.1. The van der Waals surface area contributed by atoms with Gasteiger partial charge in [0.05, 0.1) is 0 Å². The molecule has 1 aliphatic carbocycles. The molecular formula is C22H28N2O2S. The number of hydrogen-bond donors (Lipinski definition) is 2. The summed E-state index contributed by atoms with van der Waals surface area (Å²) >= 11 is 1.82. The van der Waals surface area contributed by atoms with E-state index < -0.39 is 0 Å². The minimum Gasteiger partial charge on any atom is -0.353 e. The Morgan fingerprint density at radius 1 is 1.11 bits per heavy atom. The summed E-state index contributed by atoms with van der Waals surface area (Å²) < 4.78 is 0. The van der Waals surface area contributed by atoms with Crippen molar-refractivity contribution >= 4 is 34.3 Å². The van der Waals surface area contributed by atoms with E-state index in [1.54, 1.807) is 0 Å². The van der Waals surface area contributed by atoms with E-state index in [1.807, 2.05) is 11.8 Å². The third-order valence-corrected chi connectivity index (χ3v) is 6.20. The molecule has 0 aromatic heterocycles. The molecule has 1 fully saturated rings. The summed E-state index contributed by atoms with van der Waals surface area (Å²) in [6.45, 7) is 2.10. The number of nitrogens with one attached hydrogen (secondary N) is 2. The van der Waals surface area contributed by atoms with Crippen molar-refractivity contribution in [3.8, 4) is 0 Å². The van der Waals surface area contributed by atoms with Gasteiger partial charge in [-0.3, -0.25) is 9.59 Å². The van der Waals surface area contributed by atoms with Gasteiger partial charge in [-0.05, 0) is 35.1 Å². The van der Waals surface area contributed by atoms with Crippen LogP contribution in [0.25, 0.3) is 10.8 Å². The van der Waals surface area contributed by atoms with Crippen LogP contribution in [0, 0.1) is 5.92 Å². The number of fused-ring (bicyclic) bond motifs is 1. The van der Waals surface area contributed by atoms with Gasteiger partial charge >= 0.3 is 0 Å². The first-order chi connectivity index (χ1) is 13.1. The van der Waals surface area contributed by atoms with Crippen LogP contribution in [0.15, 0.2) is 42.5 Å². The summed E-state index contributed by atoms with van der Waals surface area (Å²) in [4.78, 5) is 24.0. The maximum Gasteiger partial charge on any atom is 0.242 e. The highest BCUT2D eigenvalue weighted by Gasteiger charge is 2.30. The van der Waals surface area contributed by atoms with Crippen LogP contribution in [0.4, 0.5) is 0 Å². The summed E-state index contributed by atoms with van der Waals surface area (Å²) in [7, 11) is 0. The van der Waals surface area contributed by atoms with E-state index in [4.69, 9.17) is 0 Å². The molecule has 144 valence electrons. The molecule has 1 unspecified atom stereocenters. The van der Waals surface area contributed by atoms with Gasteiger partial charge in [0.2, 0.25) is 11.8 Å². The maximum absolute atomic E-state index is 12.5. The summed E-state index contributed by atoms with van der Waals surface area (Å²) in [6, 6.07) is 14.4. The van der Waals surface area contributed by atoms with E-state index >= 15 is 0 Å². The van der Waals surface area contributed by atoms with Gasteiger partial charge in [0.1, 0.15) is 6.04 Å². The second kappa shape index (κ2) is 9.79. The highest BCUT2D eigenvalue weighted by molar-refractivity contribution is 7.98. The van der Waals surface area contributed by atoms with Crippen molar-refractivity contribution in [2.75, 3.05) is 12.3 Å². The molecule has 0 radical (unpaired) electrons. The molecule has 0 bridgehead atoms. The minimum absolute atomic E-state index is 0.0390. The molecule has 2 aromatic carbocycles. The van der Waals surface area contributed by atoms with Crippen LogP contribution in [0.1, 0.15) is 38.2 Å². The van der Waals surface area contributed by atoms with Crippen molar-refractivity contribution in [2.24, 2.45) is 5.92 Å². The zero-order valence-corrected chi connectivity index (χ0v) is 16.7.